The number of hydrogen-bond acceptors (Lipinski definition) is 6. The highest BCUT2D eigenvalue weighted by Gasteiger charge is 2.57. The van der Waals surface area contributed by atoms with Crippen LogP contribution >= 0.6 is 0 Å². The van der Waals surface area contributed by atoms with E-state index in [0.29, 0.717) is 38.1 Å². The number of aromatic nitrogens is 1. The van der Waals surface area contributed by atoms with E-state index in [1.807, 2.05) is 42.5 Å². The Bertz CT molecular complexity index is 1020. The largest absolute Gasteiger partial charge is 0.497 e. The van der Waals surface area contributed by atoms with Crippen molar-refractivity contribution in [2.75, 3.05) is 47.0 Å². The second kappa shape index (κ2) is 11.5. The molecule has 186 valence electrons. The Balaban J connectivity index is 1.42. The van der Waals surface area contributed by atoms with Crippen molar-refractivity contribution in [1.29, 1.82) is 0 Å². The first-order chi connectivity index (χ1) is 17.1. The molecule has 0 saturated carbocycles. The monoisotopic (exact) mass is 478 g/mol. The maximum atomic E-state index is 13.7. The minimum atomic E-state index is -0.782. The molecule has 0 radical (unpaired) electrons. The number of urea groups is 1. The molecule has 4 rings (SSSR count). The number of pyridine rings is 1. The van der Waals surface area contributed by atoms with Crippen molar-refractivity contribution in [2.45, 2.75) is 31.3 Å². The first kappa shape index (κ1) is 24.9. The van der Waals surface area contributed by atoms with Gasteiger partial charge in [0.05, 0.1) is 19.3 Å². The summed E-state index contributed by atoms with van der Waals surface area (Å²) < 4.78 is 10.4. The van der Waals surface area contributed by atoms with Gasteiger partial charge in [-0.2, -0.15) is 0 Å². The van der Waals surface area contributed by atoms with E-state index < -0.39 is 5.54 Å². The molecule has 0 bridgehead atoms. The number of methoxy groups -OCH3 is 2. The molecule has 2 aliphatic rings. The van der Waals surface area contributed by atoms with E-state index in [4.69, 9.17) is 9.47 Å². The zero-order chi connectivity index (χ0) is 24.7. The lowest BCUT2D eigenvalue weighted by molar-refractivity contribution is -0.136. The summed E-state index contributed by atoms with van der Waals surface area (Å²) >= 11 is 0. The minimum Gasteiger partial charge on any atom is -0.497 e. The maximum absolute atomic E-state index is 13.7. The van der Waals surface area contributed by atoms with Crippen molar-refractivity contribution >= 4 is 18.0 Å². The Labute approximate surface area is 207 Å². The summed E-state index contributed by atoms with van der Waals surface area (Å²) in [5.41, 5.74) is 1.05. The van der Waals surface area contributed by atoms with Gasteiger partial charge < -0.3 is 14.4 Å². The molecular weight excluding hydrogens is 444 g/mol. The minimum absolute atomic E-state index is 0.0982. The number of piperidine rings is 1. The first-order valence-corrected chi connectivity index (χ1v) is 12.1. The molecule has 3 heterocycles. The Hall–Kier alpha value is -3.23. The highest BCUT2D eigenvalue weighted by atomic mass is 16.5. The summed E-state index contributed by atoms with van der Waals surface area (Å²) in [5, 5.41) is 0. The number of imide groups is 1. The molecule has 8 heteroatoms. The molecule has 1 aromatic carbocycles. The van der Waals surface area contributed by atoms with Crippen LogP contribution in [0.4, 0.5) is 4.79 Å². The van der Waals surface area contributed by atoms with Crippen LogP contribution in [0.5, 0.6) is 5.75 Å². The molecule has 1 spiro atoms. The molecule has 2 aromatic rings. The molecule has 2 saturated heterocycles. The summed E-state index contributed by atoms with van der Waals surface area (Å²) in [6.07, 6.45) is 7.87. The van der Waals surface area contributed by atoms with Crippen molar-refractivity contribution in [3.63, 3.8) is 0 Å². The molecule has 2 fully saturated rings. The Morgan fingerprint density at radius 1 is 1.06 bits per heavy atom. The first-order valence-electron chi connectivity index (χ1n) is 12.1. The van der Waals surface area contributed by atoms with Crippen molar-refractivity contribution in [1.82, 2.24) is 19.7 Å². The smallest absolute Gasteiger partial charge is 0.328 e. The second-order valence-electron chi connectivity index (χ2n) is 9.00. The van der Waals surface area contributed by atoms with E-state index in [-0.39, 0.29) is 18.5 Å². The van der Waals surface area contributed by atoms with E-state index in [2.05, 4.69) is 22.0 Å². The van der Waals surface area contributed by atoms with Crippen LogP contribution in [0.1, 0.15) is 30.5 Å². The van der Waals surface area contributed by atoms with Gasteiger partial charge in [-0.3, -0.25) is 19.6 Å². The normalized spacial score (nSPS) is 18.2. The molecule has 8 nitrogen and oxygen atoms in total. The SMILES string of the molecule is COCCCN1C(=O)N(Cc2ccccn2)C(=O)C12CCN(CC=Cc1ccc(OC)cc1)CC2. The van der Waals surface area contributed by atoms with Gasteiger partial charge in [0.25, 0.3) is 5.91 Å². The van der Waals surface area contributed by atoms with Crippen molar-refractivity contribution in [3.05, 3.63) is 66.0 Å². The molecule has 1 aromatic heterocycles. The van der Waals surface area contributed by atoms with Crippen LogP contribution in [0.15, 0.2) is 54.7 Å². The van der Waals surface area contributed by atoms with Crippen molar-refractivity contribution in [3.8, 4) is 5.75 Å². The van der Waals surface area contributed by atoms with E-state index in [1.54, 1.807) is 25.3 Å². The van der Waals surface area contributed by atoms with Gasteiger partial charge in [-0.1, -0.05) is 30.4 Å². The van der Waals surface area contributed by atoms with Crippen molar-refractivity contribution in [2.24, 2.45) is 0 Å². The number of carbonyl (C=O) groups is 2. The standard InChI is InChI=1S/C27H34N4O4/c1-34-20-6-17-31-26(33)30(21-23-8-3-4-15-28-23)25(32)27(31)13-18-29(19-14-27)16-5-7-22-9-11-24(35-2)12-10-22/h3-5,7-12,15H,6,13-14,16-21H2,1-2H3. The summed E-state index contributed by atoms with van der Waals surface area (Å²) in [7, 11) is 3.31. The van der Waals surface area contributed by atoms with Gasteiger partial charge in [0.1, 0.15) is 11.3 Å². The molecule has 2 aliphatic heterocycles. The number of carbonyl (C=O) groups excluding carboxylic acids is 2. The van der Waals surface area contributed by atoms with Crippen LogP contribution in [0, 0.1) is 0 Å². The lowest BCUT2D eigenvalue weighted by atomic mass is 9.85. The third-order valence-electron chi connectivity index (χ3n) is 6.87. The number of nitrogens with zero attached hydrogens (tertiary/aromatic N) is 4. The Kier molecular flexibility index (Phi) is 8.15. The number of hydrogen-bond donors (Lipinski definition) is 0. The van der Waals surface area contributed by atoms with Gasteiger partial charge >= 0.3 is 6.03 Å². The lowest BCUT2D eigenvalue weighted by Crippen LogP contribution is -2.56. The fraction of sp³-hybridized carbons (Fsp3) is 0.444. The molecule has 3 amide bonds. The van der Waals surface area contributed by atoms with Gasteiger partial charge in [0, 0.05) is 46.1 Å². The predicted molar refractivity (Wildman–Crippen MR) is 134 cm³/mol. The van der Waals surface area contributed by atoms with Crippen LogP contribution in [0.3, 0.4) is 0 Å². The summed E-state index contributed by atoms with van der Waals surface area (Å²) in [6, 6.07) is 13.3. The summed E-state index contributed by atoms with van der Waals surface area (Å²) in [4.78, 5) is 36.9. The molecule has 0 atom stereocenters. The van der Waals surface area contributed by atoms with E-state index in [0.717, 1.165) is 30.9 Å². The number of rotatable bonds is 10. The average Bonchev–Trinajstić information content (AvgIpc) is 3.08. The topological polar surface area (TPSA) is 75.2 Å². The van der Waals surface area contributed by atoms with Gasteiger partial charge in [-0.25, -0.2) is 4.79 Å². The average molecular weight is 479 g/mol. The fourth-order valence-electron chi connectivity index (χ4n) is 4.89. The van der Waals surface area contributed by atoms with Gasteiger partial charge in [-0.05, 0) is 49.1 Å². The Morgan fingerprint density at radius 3 is 2.49 bits per heavy atom. The van der Waals surface area contributed by atoms with Gasteiger partial charge in [-0.15, -0.1) is 0 Å². The summed E-state index contributed by atoms with van der Waals surface area (Å²) in [6.45, 7) is 3.57. The van der Waals surface area contributed by atoms with Gasteiger partial charge in [0.2, 0.25) is 0 Å². The van der Waals surface area contributed by atoms with E-state index in [9.17, 15) is 9.59 Å². The van der Waals surface area contributed by atoms with Crippen molar-refractivity contribution < 1.29 is 19.1 Å². The lowest BCUT2D eigenvalue weighted by Gasteiger charge is -2.42. The molecule has 0 N–H and O–H groups in total. The fourth-order valence-corrected chi connectivity index (χ4v) is 4.89. The molecular formula is C27H34N4O4. The zero-order valence-electron chi connectivity index (χ0n) is 20.6. The maximum Gasteiger partial charge on any atom is 0.328 e. The van der Waals surface area contributed by atoms with Crippen LogP contribution in [0.2, 0.25) is 0 Å². The van der Waals surface area contributed by atoms with Gasteiger partial charge in [0.15, 0.2) is 0 Å². The Morgan fingerprint density at radius 2 is 1.83 bits per heavy atom. The quantitative estimate of drug-likeness (QED) is 0.385. The number of likely N-dealkylation sites (tertiary alicyclic amines) is 1. The van der Waals surface area contributed by atoms with Crippen LogP contribution in [-0.2, 0) is 16.1 Å². The zero-order valence-corrected chi connectivity index (χ0v) is 20.6. The molecule has 35 heavy (non-hydrogen) atoms. The van der Waals surface area contributed by atoms with Crippen LogP contribution < -0.4 is 4.74 Å². The predicted octanol–water partition coefficient (Wildman–Crippen LogP) is 3.44. The highest BCUT2D eigenvalue weighted by Crippen LogP contribution is 2.38. The summed E-state index contributed by atoms with van der Waals surface area (Å²) in [5.74, 6) is 0.741. The van der Waals surface area contributed by atoms with E-state index in [1.165, 1.54) is 4.90 Å². The molecule has 0 aliphatic carbocycles. The van der Waals surface area contributed by atoms with Crippen LogP contribution in [-0.4, -0.2) is 84.2 Å². The molecule has 0 unspecified atom stereocenters. The number of ether oxygens (including phenoxy) is 2. The second-order valence-corrected chi connectivity index (χ2v) is 9.00. The third kappa shape index (κ3) is 5.55. The highest BCUT2D eigenvalue weighted by molar-refractivity contribution is 6.07. The van der Waals surface area contributed by atoms with Crippen LogP contribution in [0.25, 0.3) is 6.08 Å². The number of amides is 3. The van der Waals surface area contributed by atoms with E-state index >= 15 is 0 Å². The number of benzene rings is 1. The third-order valence-corrected chi connectivity index (χ3v) is 6.87.